The molecule has 3 heteroatoms. The fraction of sp³-hybridized carbons (Fsp3) is 0.286. The van der Waals surface area contributed by atoms with Crippen LogP contribution in [0.4, 0.5) is 0 Å². The monoisotopic (exact) mass is 247 g/mol. The number of nitrogens with two attached hydrogens (primary N) is 1. The van der Waals surface area contributed by atoms with Gasteiger partial charge >= 0.3 is 0 Å². The molecule has 1 atom stereocenters. The van der Waals surface area contributed by atoms with E-state index in [9.17, 15) is 0 Å². The van der Waals surface area contributed by atoms with Crippen molar-refractivity contribution in [1.82, 2.24) is 0 Å². The summed E-state index contributed by atoms with van der Waals surface area (Å²) in [5, 5.41) is 4.24. The molecule has 1 aromatic heterocycles. The van der Waals surface area contributed by atoms with Crippen LogP contribution in [0.5, 0.6) is 5.75 Å². The van der Waals surface area contributed by atoms with Gasteiger partial charge in [0, 0.05) is 12.5 Å². The minimum absolute atomic E-state index is 0.0513. The minimum atomic E-state index is 0.0513. The van der Waals surface area contributed by atoms with Crippen LogP contribution in [0.15, 0.2) is 41.1 Å². The van der Waals surface area contributed by atoms with Gasteiger partial charge in [-0.05, 0) is 47.0 Å². The summed E-state index contributed by atoms with van der Waals surface area (Å²) in [6.07, 6.45) is 0.950. The molecule has 0 radical (unpaired) electrons. The Bertz CT molecular complexity index is 451. The van der Waals surface area contributed by atoms with E-state index in [4.69, 9.17) is 10.5 Å². The van der Waals surface area contributed by atoms with Crippen LogP contribution in [0, 0.1) is 0 Å². The fourth-order valence-electron chi connectivity index (χ4n) is 1.61. The maximum Gasteiger partial charge on any atom is 0.119 e. The maximum atomic E-state index is 5.83. The molecule has 0 saturated carbocycles. The van der Waals surface area contributed by atoms with Crippen LogP contribution in [0.25, 0.3) is 0 Å². The van der Waals surface area contributed by atoms with Gasteiger partial charge < -0.3 is 10.5 Å². The van der Waals surface area contributed by atoms with E-state index in [1.807, 2.05) is 31.2 Å². The van der Waals surface area contributed by atoms with Crippen LogP contribution in [0.1, 0.15) is 24.1 Å². The molecule has 0 fully saturated rings. The third-order valence-electron chi connectivity index (χ3n) is 2.62. The molecule has 0 unspecified atom stereocenters. The van der Waals surface area contributed by atoms with Crippen LogP contribution in [0.2, 0.25) is 0 Å². The number of rotatable bonds is 5. The molecule has 1 aromatic carbocycles. The molecule has 17 heavy (non-hydrogen) atoms. The van der Waals surface area contributed by atoms with E-state index in [0.717, 1.165) is 17.7 Å². The Morgan fingerprint density at radius 3 is 2.94 bits per heavy atom. The van der Waals surface area contributed by atoms with E-state index < -0.39 is 0 Å². The van der Waals surface area contributed by atoms with Crippen molar-refractivity contribution < 1.29 is 4.74 Å². The first-order chi connectivity index (χ1) is 8.25. The molecule has 0 bridgehead atoms. The lowest BCUT2D eigenvalue weighted by Crippen LogP contribution is -2.06. The van der Waals surface area contributed by atoms with Gasteiger partial charge in [0.1, 0.15) is 5.75 Å². The Hall–Kier alpha value is -1.32. The van der Waals surface area contributed by atoms with Crippen molar-refractivity contribution >= 4 is 11.3 Å². The zero-order valence-electron chi connectivity index (χ0n) is 9.93. The van der Waals surface area contributed by atoms with Crippen LogP contribution in [-0.4, -0.2) is 6.61 Å². The molecule has 2 rings (SSSR count). The molecule has 1 heterocycles. The lowest BCUT2D eigenvalue weighted by Gasteiger charge is -2.09. The average molecular weight is 247 g/mol. The van der Waals surface area contributed by atoms with Crippen molar-refractivity contribution in [3.8, 4) is 5.75 Å². The predicted octanol–water partition coefficient (Wildman–Crippen LogP) is 3.39. The second-order valence-corrected chi connectivity index (χ2v) is 4.87. The topological polar surface area (TPSA) is 35.2 Å². The highest BCUT2D eigenvalue weighted by atomic mass is 32.1. The number of benzene rings is 1. The molecular formula is C14H17NOS. The fourth-order valence-corrected chi connectivity index (χ4v) is 2.31. The molecule has 0 aliphatic carbocycles. The molecule has 2 aromatic rings. The summed E-state index contributed by atoms with van der Waals surface area (Å²) in [5.74, 6) is 0.898. The molecule has 0 amide bonds. The van der Waals surface area contributed by atoms with Crippen molar-refractivity contribution in [2.45, 2.75) is 19.4 Å². The normalized spacial score (nSPS) is 12.4. The quantitative estimate of drug-likeness (QED) is 0.879. The van der Waals surface area contributed by atoms with Gasteiger partial charge in [-0.15, -0.1) is 0 Å². The Kier molecular flexibility index (Phi) is 4.18. The Morgan fingerprint density at radius 2 is 2.24 bits per heavy atom. The largest absolute Gasteiger partial charge is 0.493 e. The standard InChI is InChI=1S/C14H17NOS/c1-11(15)13-3-2-4-14(9-13)16-7-5-12-6-8-17-10-12/h2-4,6,8-11H,5,7,15H2,1H3/t11-/m0/s1. The van der Waals surface area contributed by atoms with Crippen molar-refractivity contribution in [3.05, 3.63) is 52.2 Å². The van der Waals surface area contributed by atoms with Crippen molar-refractivity contribution in [3.63, 3.8) is 0 Å². The van der Waals surface area contributed by atoms with Gasteiger partial charge in [0.25, 0.3) is 0 Å². The summed E-state index contributed by atoms with van der Waals surface area (Å²) < 4.78 is 5.72. The summed E-state index contributed by atoms with van der Waals surface area (Å²) in [5.41, 5.74) is 8.28. The Morgan fingerprint density at radius 1 is 1.35 bits per heavy atom. The third kappa shape index (κ3) is 3.58. The second kappa shape index (κ2) is 5.84. The smallest absolute Gasteiger partial charge is 0.119 e. The Labute approximate surface area is 106 Å². The molecule has 0 saturated heterocycles. The van der Waals surface area contributed by atoms with E-state index in [2.05, 4.69) is 16.8 Å². The zero-order chi connectivity index (χ0) is 12.1. The van der Waals surface area contributed by atoms with Crippen LogP contribution in [0.3, 0.4) is 0 Å². The zero-order valence-corrected chi connectivity index (χ0v) is 10.7. The van der Waals surface area contributed by atoms with Gasteiger partial charge in [-0.1, -0.05) is 12.1 Å². The second-order valence-electron chi connectivity index (χ2n) is 4.09. The SMILES string of the molecule is C[C@H](N)c1cccc(OCCc2ccsc2)c1. The van der Waals surface area contributed by atoms with Gasteiger partial charge in [0.2, 0.25) is 0 Å². The molecule has 0 aliphatic rings. The first-order valence-corrected chi connectivity index (χ1v) is 6.69. The summed E-state index contributed by atoms with van der Waals surface area (Å²) in [6.45, 7) is 2.68. The molecule has 0 spiro atoms. The number of hydrogen-bond donors (Lipinski definition) is 1. The van der Waals surface area contributed by atoms with Gasteiger partial charge in [-0.25, -0.2) is 0 Å². The molecule has 0 aliphatic heterocycles. The van der Waals surface area contributed by atoms with Crippen LogP contribution in [-0.2, 0) is 6.42 Å². The van der Waals surface area contributed by atoms with Crippen molar-refractivity contribution in [2.24, 2.45) is 5.73 Å². The molecule has 2 nitrogen and oxygen atoms in total. The van der Waals surface area contributed by atoms with Crippen molar-refractivity contribution in [1.29, 1.82) is 0 Å². The number of thiophene rings is 1. The third-order valence-corrected chi connectivity index (χ3v) is 3.36. The summed E-state index contributed by atoms with van der Waals surface area (Å²) in [7, 11) is 0. The first kappa shape index (κ1) is 12.1. The van der Waals surface area contributed by atoms with E-state index in [1.54, 1.807) is 11.3 Å². The predicted molar refractivity (Wildman–Crippen MR) is 72.6 cm³/mol. The van der Waals surface area contributed by atoms with E-state index in [1.165, 1.54) is 5.56 Å². The summed E-state index contributed by atoms with van der Waals surface area (Å²) in [4.78, 5) is 0. The first-order valence-electron chi connectivity index (χ1n) is 5.75. The van der Waals surface area contributed by atoms with Crippen molar-refractivity contribution in [2.75, 3.05) is 6.61 Å². The van der Waals surface area contributed by atoms with Gasteiger partial charge in [0.05, 0.1) is 6.61 Å². The van der Waals surface area contributed by atoms with E-state index in [-0.39, 0.29) is 6.04 Å². The van der Waals surface area contributed by atoms with Gasteiger partial charge in [0.15, 0.2) is 0 Å². The lowest BCUT2D eigenvalue weighted by atomic mass is 10.1. The highest BCUT2D eigenvalue weighted by Gasteiger charge is 2.01. The van der Waals surface area contributed by atoms with Gasteiger partial charge in [-0.2, -0.15) is 11.3 Å². The minimum Gasteiger partial charge on any atom is -0.493 e. The summed E-state index contributed by atoms with van der Waals surface area (Å²) in [6, 6.07) is 10.2. The van der Waals surface area contributed by atoms with Crippen LogP contribution < -0.4 is 10.5 Å². The van der Waals surface area contributed by atoms with E-state index >= 15 is 0 Å². The number of ether oxygens (including phenoxy) is 1. The summed E-state index contributed by atoms with van der Waals surface area (Å²) >= 11 is 1.72. The van der Waals surface area contributed by atoms with Crippen LogP contribution >= 0.6 is 11.3 Å². The maximum absolute atomic E-state index is 5.83. The van der Waals surface area contributed by atoms with Gasteiger partial charge in [-0.3, -0.25) is 0 Å². The highest BCUT2D eigenvalue weighted by Crippen LogP contribution is 2.18. The highest BCUT2D eigenvalue weighted by molar-refractivity contribution is 7.07. The lowest BCUT2D eigenvalue weighted by molar-refractivity contribution is 0.321. The van der Waals surface area contributed by atoms with E-state index in [0.29, 0.717) is 6.61 Å². The average Bonchev–Trinajstić information content (AvgIpc) is 2.82. The molecule has 90 valence electrons. The molecule has 2 N–H and O–H groups in total. The number of hydrogen-bond acceptors (Lipinski definition) is 3. The molecular weight excluding hydrogens is 230 g/mol. The Balaban J connectivity index is 1.88.